The van der Waals surface area contributed by atoms with Gasteiger partial charge in [0.2, 0.25) is 11.6 Å². The molecule has 0 unspecified atom stereocenters. The summed E-state index contributed by atoms with van der Waals surface area (Å²) < 4.78 is 57.8. The van der Waals surface area contributed by atoms with Gasteiger partial charge in [-0.2, -0.15) is 8.78 Å². The molecule has 90 valence electrons. The lowest BCUT2D eigenvalue weighted by atomic mass is 10.1. The summed E-state index contributed by atoms with van der Waals surface area (Å²) in [7, 11) is 0. The Balaban J connectivity index is 3.40. The Morgan fingerprint density at radius 2 is 1.19 bits per heavy atom. The highest BCUT2D eigenvalue weighted by atomic mass is 19.2. The first-order valence-corrected chi connectivity index (χ1v) is 4.66. The second-order valence-electron chi connectivity index (χ2n) is 4.42. The second-order valence-corrected chi connectivity index (χ2v) is 4.42. The molecule has 0 heterocycles. The number of halogens is 4. The van der Waals surface area contributed by atoms with Crippen molar-refractivity contribution in [2.75, 3.05) is 0 Å². The fourth-order valence-electron chi connectivity index (χ4n) is 1.12. The molecule has 1 aromatic carbocycles. The normalized spacial score (nSPS) is 11.8. The van der Waals surface area contributed by atoms with Crippen LogP contribution in [0.4, 0.5) is 17.6 Å². The van der Waals surface area contributed by atoms with E-state index < -0.39 is 40.2 Å². The fourth-order valence-corrected chi connectivity index (χ4v) is 1.12. The predicted octanol–water partition coefficient (Wildman–Crippen LogP) is 3.73. The van der Waals surface area contributed by atoms with Crippen molar-refractivity contribution in [2.24, 2.45) is 0 Å². The van der Waals surface area contributed by atoms with Gasteiger partial charge in [0.25, 0.3) is 0 Å². The Labute approximate surface area is 91.0 Å². The van der Waals surface area contributed by atoms with Gasteiger partial charge in [0, 0.05) is 5.56 Å². The van der Waals surface area contributed by atoms with Crippen LogP contribution in [0.2, 0.25) is 0 Å². The molecule has 0 aliphatic carbocycles. The van der Waals surface area contributed by atoms with Crippen molar-refractivity contribution >= 4 is 0 Å². The average Bonchev–Trinajstić information content (AvgIpc) is 2.17. The summed E-state index contributed by atoms with van der Waals surface area (Å²) in [6.07, 6.45) is 0. The van der Waals surface area contributed by atoms with Gasteiger partial charge in [-0.1, -0.05) is 0 Å². The molecule has 0 saturated carbocycles. The van der Waals surface area contributed by atoms with E-state index in [1.165, 1.54) is 20.8 Å². The Morgan fingerprint density at radius 1 is 0.812 bits per heavy atom. The minimum Gasteiger partial charge on any atom is -0.482 e. The van der Waals surface area contributed by atoms with Crippen LogP contribution < -0.4 is 4.74 Å². The molecule has 0 radical (unpaired) electrons. The van der Waals surface area contributed by atoms with Crippen LogP contribution in [0.25, 0.3) is 0 Å². The first-order valence-electron chi connectivity index (χ1n) is 4.66. The molecular weight excluding hydrogens is 224 g/mol. The quantitative estimate of drug-likeness (QED) is 0.533. The third-order valence-corrected chi connectivity index (χ3v) is 1.85. The van der Waals surface area contributed by atoms with Gasteiger partial charge in [-0.05, 0) is 27.7 Å². The van der Waals surface area contributed by atoms with E-state index in [-0.39, 0.29) is 0 Å². The van der Waals surface area contributed by atoms with Crippen LogP contribution in [0.3, 0.4) is 0 Å². The van der Waals surface area contributed by atoms with Gasteiger partial charge in [-0.15, -0.1) is 0 Å². The van der Waals surface area contributed by atoms with Crippen LogP contribution in [0, 0.1) is 30.2 Å². The second kappa shape index (κ2) is 3.96. The van der Waals surface area contributed by atoms with E-state index >= 15 is 0 Å². The van der Waals surface area contributed by atoms with E-state index in [9.17, 15) is 17.6 Å². The van der Waals surface area contributed by atoms with Gasteiger partial charge >= 0.3 is 0 Å². The summed E-state index contributed by atoms with van der Waals surface area (Å²) in [5.41, 5.74) is -1.65. The lowest BCUT2D eigenvalue weighted by Crippen LogP contribution is -2.25. The summed E-state index contributed by atoms with van der Waals surface area (Å²) >= 11 is 0. The molecule has 1 aromatic rings. The molecule has 5 heteroatoms. The van der Waals surface area contributed by atoms with Crippen LogP contribution in [-0.2, 0) is 0 Å². The third kappa shape index (κ3) is 2.28. The zero-order valence-electron chi connectivity index (χ0n) is 9.42. The standard InChI is InChI=1S/C11H12F4O/c1-5-6(12)8(14)10(9(15)7(5)13)16-11(2,3)4/h1-4H3. The molecule has 16 heavy (non-hydrogen) atoms. The van der Waals surface area contributed by atoms with Crippen LogP contribution in [0.5, 0.6) is 5.75 Å². The summed E-state index contributed by atoms with van der Waals surface area (Å²) in [5, 5.41) is 0. The summed E-state index contributed by atoms with van der Waals surface area (Å²) in [6.45, 7) is 5.50. The number of ether oxygens (including phenoxy) is 1. The highest BCUT2D eigenvalue weighted by Gasteiger charge is 2.27. The maximum atomic E-state index is 13.3. The van der Waals surface area contributed by atoms with Gasteiger partial charge in [-0.25, -0.2) is 8.78 Å². The summed E-state index contributed by atoms with van der Waals surface area (Å²) in [5.74, 6) is -6.90. The molecule has 0 fully saturated rings. The van der Waals surface area contributed by atoms with Crippen molar-refractivity contribution in [1.82, 2.24) is 0 Å². The van der Waals surface area contributed by atoms with Crippen LogP contribution in [-0.4, -0.2) is 5.60 Å². The van der Waals surface area contributed by atoms with E-state index in [2.05, 4.69) is 0 Å². The van der Waals surface area contributed by atoms with E-state index in [0.717, 1.165) is 6.92 Å². The van der Waals surface area contributed by atoms with Crippen molar-refractivity contribution in [1.29, 1.82) is 0 Å². The molecule has 0 amide bonds. The molecule has 0 aliphatic rings. The SMILES string of the molecule is Cc1c(F)c(F)c(OC(C)(C)C)c(F)c1F. The van der Waals surface area contributed by atoms with Crippen LogP contribution in [0.1, 0.15) is 26.3 Å². The first kappa shape index (κ1) is 12.8. The van der Waals surface area contributed by atoms with Crippen molar-refractivity contribution in [3.05, 3.63) is 28.8 Å². The topological polar surface area (TPSA) is 9.23 Å². The number of benzene rings is 1. The molecule has 0 bridgehead atoms. The van der Waals surface area contributed by atoms with Crippen molar-refractivity contribution in [3.8, 4) is 5.75 Å². The number of rotatable bonds is 1. The zero-order valence-corrected chi connectivity index (χ0v) is 9.42. The van der Waals surface area contributed by atoms with Gasteiger partial charge < -0.3 is 4.74 Å². The molecular formula is C11H12F4O. The molecule has 0 aliphatic heterocycles. The molecule has 1 nitrogen and oxygen atoms in total. The molecule has 0 N–H and O–H groups in total. The monoisotopic (exact) mass is 236 g/mol. The van der Waals surface area contributed by atoms with Gasteiger partial charge in [0.1, 0.15) is 5.60 Å². The molecule has 1 rings (SSSR count). The minimum absolute atomic E-state index is 0.698. The van der Waals surface area contributed by atoms with E-state index in [1.807, 2.05) is 0 Å². The molecule has 0 aromatic heterocycles. The van der Waals surface area contributed by atoms with Crippen LogP contribution >= 0.6 is 0 Å². The van der Waals surface area contributed by atoms with Crippen molar-refractivity contribution in [3.63, 3.8) is 0 Å². The number of hydrogen-bond donors (Lipinski definition) is 0. The largest absolute Gasteiger partial charge is 0.482 e. The van der Waals surface area contributed by atoms with E-state index in [4.69, 9.17) is 4.74 Å². The zero-order chi connectivity index (χ0) is 12.7. The lowest BCUT2D eigenvalue weighted by molar-refractivity contribution is 0.114. The fraction of sp³-hybridized carbons (Fsp3) is 0.455. The average molecular weight is 236 g/mol. The summed E-state index contributed by atoms with van der Waals surface area (Å²) in [4.78, 5) is 0. The highest BCUT2D eigenvalue weighted by Crippen LogP contribution is 2.31. The van der Waals surface area contributed by atoms with Crippen molar-refractivity contribution in [2.45, 2.75) is 33.3 Å². The molecule has 0 saturated heterocycles. The Bertz CT molecular complexity index is 392. The smallest absolute Gasteiger partial charge is 0.204 e. The third-order valence-electron chi connectivity index (χ3n) is 1.85. The Kier molecular flexibility index (Phi) is 3.17. The van der Waals surface area contributed by atoms with Crippen molar-refractivity contribution < 1.29 is 22.3 Å². The molecule has 0 spiro atoms. The first-order chi connectivity index (χ1) is 7.15. The summed E-state index contributed by atoms with van der Waals surface area (Å²) in [6, 6.07) is 0. The maximum absolute atomic E-state index is 13.3. The van der Waals surface area contributed by atoms with Crippen LogP contribution in [0.15, 0.2) is 0 Å². The Morgan fingerprint density at radius 3 is 1.50 bits per heavy atom. The van der Waals surface area contributed by atoms with Gasteiger partial charge in [0.15, 0.2) is 17.4 Å². The Hall–Kier alpha value is -1.26. The lowest BCUT2D eigenvalue weighted by Gasteiger charge is -2.22. The maximum Gasteiger partial charge on any atom is 0.204 e. The highest BCUT2D eigenvalue weighted by molar-refractivity contribution is 5.34. The predicted molar refractivity (Wildman–Crippen MR) is 51.4 cm³/mol. The van der Waals surface area contributed by atoms with Gasteiger partial charge in [0.05, 0.1) is 0 Å². The van der Waals surface area contributed by atoms with Gasteiger partial charge in [-0.3, -0.25) is 0 Å². The minimum atomic E-state index is -1.51. The molecule has 0 atom stereocenters. The number of hydrogen-bond acceptors (Lipinski definition) is 1. The van der Waals surface area contributed by atoms with E-state index in [1.54, 1.807) is 0 Å². The van der Waals surface area contributed by atoms with E-state index in [0.29, 0.717) is 0 Å².